The molecule has 3 heterocycles. The Morgan fingerprint density at radius 2 is 1.89 bits per heavy atom. The van der Waals surface area contributed by atoms with Gasteiger partial charge in [-0.3, -0.25) is 9.88 Å². The predicted molar refractivity (Wildman–Crippen MR) is 132 cm³/mol. The fourth-order valence-electron chi connectivity index (χ4n) is 4.10. The van der Waals surface area contributed by atoms with Crippen LogP contribution in [0.3, 0.4) is 0 Å². The lowest BCUT2D eigenvalue weighted by molar-refractivity contribution is -0.140. The van der Waals surface area contributed by atoms with E-state index in [1.165, 1.54) is 4.57 Å². The highest BCUT2D eigenvalue weighted by molar-refractivity contribution is 5.83. The van der Waals surface area contributed by atoms with Crippen molar-refractivity contribution < 1.29 is 17.9 Å². The average molecular weight is 496 g/mol. The lowest BCUT2D eigenvalue weighted by atomic mass is 9.91. The monoisotopic (exact) mass is 495 g/mol. The third-order valence-corrected chi connectivity index (χ3v) is 6.09. The van der Waals surface area contributed by atoms with Gasteiger partial charge in [-0.2, -0.15) is 18.4 Å². The van der Waals surface area contributed by atoms with E-state index in [0.29, 0.717) is 35.8 Å². The number of rotatable bonds is 6. The number of morpholine rings is 1. The molecule has 1 saturated heterocycles. The molecule has 188 valence electrons. The SMILES string of the molecule is CC(C)(C#N)c1ccc(NCC#Cc2cc3cc(CN4CCOCC4)ccc3n2CC(F)(F)F)cn1. The Balaban J connectivity index is 1.51. The van der Waals surface area contributed by atoms with E-state index >= 15 is 0 Å². The minimum absolute atomic E-state index is 0.235. The molecule has 2 aromatic heterocycles. The number of fused-ring (bicyclic) bond motifs is 1. The van der Waals surface area contributed by atoms with Crippen LogP contribution in [0.1, 0.15) is 30.8 Å². The van der Waals surface area contributed by atoms with E-state index in [9.17, 15) is 18.4 Å². The fraction of sp³-hybridized carbons (Fsp3) is 0.407. The van der Waals surface area contributed by atoms with E-state index in [2.05, 4.69) is 33.1 Å². The molecule has 0 spiro atoms. The number of pyridine rings is 1. The number of benzene rings is 1. The minimum atomic E-state index is -4.36. The van der Waals surface area contributed by atoms with Gasteiger partial charge >= 0.3 is 6.18 Å². The van der Waals surface area contributed by atoms with Crippen molar-refractivity contribution in [1.82, 2.24) is 14.5 Å². The maximum absolute atomic E-state index is 13.3. The molecule has 0 saturated carbocycles. The lowest BCUT2D eigenvalue weighted by Gasteiger charge is -2.26. The normalized spacial score (nSPS) is 14.8. The molecule has 1 aromatic carbocycles. The van der Waals surface area contributed by atoms with Crippen LogP contribution in [0.2, 0.25) is 0 Å². The first kappa shape index (κ1) is 25.6. The second kappa shape index (κ2) is 10.6. The number of halogens is 3. The van der Waals surface area contributed by atoms with Crippen LogP contribution in [0, 0.1) is 23.2 Å². The van der Waals surface area contributed by atoms with Crippen LogP contribution >= 0.6 is 0 Å². The molecule has 0 aliphatic carbocycles. The first-order valence-corrected chi connectivity index (χ1v) is 11.7. The van der Waals surface area contributed by atoms with E-state index in [1.54, 1.807) is 44.3 Å². The van der Waals surface area contributed by atoms with Crippen molar-refractivity contribution in [3.63, 3.8) is 0 Å². The Hall–Kier alpha value is -3.53. The van der Waals surface area contributed by atoms with Gasteiger partial charge in [0.05, 0.1) is 54.5 Å². The summed E-state index contributed by atoms with van der Waals surface area (Å²) in [6.07, 6.45) is -2.75. The van der Waals surface area contributed by atoms with Crippen LogP contribution in [0.4, 0.5) is 18.9 Å². The Bertz CT molecular complexity index is 1300. The summed E-state index contributed by atoms with van der Waals surface area (Å²) in [5.74, 6) is 5.82. The number of nitrogens with zero attached hydrogens (tertiary/aromatic N) is 4. The van der Waals surface area contributed by atoms with Crippen molar-refractivity contribution in [3.8, 4) is 17.9 Å². The van der Waals surface area contributed by atoms with Crippen LogP contribution < -0.4 is 5.32 Å². The highest BCUT2D eigenvalue weighted by Crippen LogP contribution is 2.27. The van der Waals surface area contributed by atoms with Crippen molar-refractivity contribution in [3.05, 3.63) is 59.5 Å². The average Bonchev–Trinajstić information content (AvgIpc) is 3.17. The molecule has 0 atom stereocenters. The molecule has 1 N–H and O–H groups in total. The standard InChI is InChI=1S/C27H28F3N5O/c1-26(2,18-31)25-8-6-22(16-33-25)32-9-3-4-23-15-21-14-20(17-34-10-12-36-13-11-34)5-7-24(21)35(23)19-27(28,29)30/h5-8,14-16,32H,9-13,17,19H2,1-2H3. The zero-order chi connectivity index (χ0) is 25.8. The summed E-state index contributed by atoms with van der Waals surface area (Å²) >= 11 is 0. The highest BCUT2D eigenvalue weighted by Gasteiger charge is 2.29. The molecule has 1 fully saturated rings. The molecule has 4 rings (SSSR count). The van der Waals surface area contributed by atoms with E-state index in [-0.39, 0.29) is 6.54 Å². The Kier molecular flexibility index (Phi) is 7.53. The van der Waals surface area contributed by atoms with Crippen LogP contribution in [0.5, 0.6) is 0 Å². The molecule has 3 aromatic rings. The topological polar surface area (TPSA) is 66.1 Å². The second-order valence-electron chi connectivity index (χ2n) is 9.34. The Labute approximate surface area is 208 Å². The first-order valence-electron chi connectivity index (χ1n) is 11.7. The highest BCUT2D eigenvalue weighted by atomic mass is 19.4. The van der Waals surface area contributed by atoms with Crippen molar-refractivity contribution in [1.29, 1.82) is 5.26 Å². The van der Waals surface area contributed by atoms with Gasteiger partial charge in [0.25, 0.3) is 0 Å². The Morgan fingerprint density at radius 1 is 1.11 bits per heavy atom. The van der Waals surface area contributed by atoms with Gasteiger partial charge < -0.3 is 14.6 Å². The Morgan fingerprint density at radius 3 is 2.56 bits per heavy atom. The molecule has 0 bridgehead atoms. The summed E-state index contributed by atoms with van der Waals surface area (Å²) in [6.45, 7) is 6.50. The van der Waals surface area contributed by atoms with E-state index < -0.39 is 18.1 Å². The molecule has 36 heavy (non-hydrogen) atoms. The molecular formula is C27H28F3N5O. The van der Waals surface area contributed by atoms with Crippen molar-refractivity contribution >= 4 is 16.6 Å². The maximum atomic E-state index is 13.3. The number of hydrogen-bond donors (Lipinski definition) is 1. The van der Waals surface area contributed by atoms with Gasteiger partial charge in [0, 0.05) is 30.5 Å². The van der Waals surface area contributed by atoms with E-state index in [4.69, 9.17) is 4.74 Å². The van der Waals surface area contributed by atoms with Crippen molar-refractivity contribution in [2.75, 3.05) is 38.2 Å². The van der Waals surface area contributed by atoms with Crippen LogP contribution in [-0.2, 0) is 23.2 Å². The summed E-state index contributed by atoms with van der Waals surface area (Å²) in [6, 6.07) is 13.1. The zero-order valence-corrected chi connectivity index (χ0v) is 20.3. The van der Waals surface area contributed by atoms with Gasteiger partial charge in [0.15, 0.2) is 0 Å². The molecular weight excluding hydrogens is 467 g/mol. The number of alkyl halides is 3. The fourth-order valence-corrected chi connectivity index (χ4v) is 4.10. The number of ether oxygens (including phenoxy) is 1. The quantitative estimate of drug-likeness (QED) is 0.503. The maximum Gasteiger partial charge on any atom is 0.406 e. The third-order valence-electron chi connectivity index (χ3n) is 6.09. The minimum Gasteiger partial charge on any atom is -0.379 e. The molecule has 0 amide bonds. The molecule has 1 aliphatic heterocycles. The van der Waals surface area contributed by atoms with Crippen LogP contribution in [0.25, 0.3) is 10.9 Å². The van der Waals surface area contributed by atoms with E-state index in [0.717, 1.165) is 30.6 Å². The van der Waals surface area contributed by atoms with E-state index in [1.807, 2.05) is 12.1 Å². The van der Waals surface area contributed by atoms with Crippen molar-refractivity contribution in [2.45, 2.75) is 38.5 Å². The summed E-state index contributed by atoms with van der Waals surface area (Å²) in [4.78, 5) is 6.59. The lowest BCUT2D eigenvalue weighted by Crippen LogP contribution is -2.35. The molecule has 9 heteroatoms. The summed E-state index contributed by atoms with van der Waals surface area (Å²) < 4.78 is 46.6. The largest absolute Gasteiger partial charge is 0.406 e. The first-order chi connectivity index (χ1) is 17.1. The molecule has 0 unspecified atom stereocenters. The number of nitrogens with one attached hydrogen (secondary N) is 1. The zero-order valence-electron chi connectivity index (χ0n) is 20.3. The summed E-state index contributed by atoms with van der Waals surface area (Å²) in [5.41, 5.74) is 2.56. The predicted octanol–water partition coefficient (Wildman–Crippen LogP) is 4.70. The molecule has 1 aliphatic rings. The number of aromatic nitrogens is 2. The van der Waals surface area contributed by atoms with Gasteiger partial charge in [0.1, 0.15) is 6.54 Å². The third kappa shape index (κ3) is 6.37. The molecule has 6 nitrogen and oxygen atoms in total. The van der Waals surface area contributed by atoms with Gasteiger partial charge in [-0.25, -0.2) is 0 Å². The van der Waals surface area contributed by atoms with Gasteiger partial charge in [0.2, 0.25) is 0 Å². The smallest absolute Gasteiger partial charge is 0.379 e. The van der Waals surface area contributed by atoms with Crippen molar-refractivity contribution in [2.24, 2.45) is 0 Å². The van der Waals surface area contributed by atoms with Gasteiger partial charge in [-0.05, 0) is 55.7 Å². The van der Waals surface area contributed by atoms with Gasteiger partial charge in [-0.15, -0.1) is 0 Å². The van der Waals surface area contributed by atoms with Crippen LogP contribution in [0.15, 0.2) is 42.6 Å². The second-order valence-corrected chi connectivity index (χ2v) is 9.34. The number of hydrogen-bond acceptors (Lipinski definition) is 5. The molecule has 0 radical (unpaired) electrons. The van der Waals surface area contributed by atoms with Gasteiger partial charge in [-0.1, -0.05) is 12.0 Å². The van der Waals surface area contributed by atoms with Crippen LogP contribution in [-0.4, -0.2) is 53.5 Å². The summed E-state index contributed by atoms with van der Waals surface area (Å²) in [7, 11) is 0. The number of nitriles is 1. The summed E-state index contributed by atoms with van der Waals surface area (Å²) in [5, 5.41) is 13.1. The number of anilines is 1.